The number of carboxylic acids is 1. The lowest BCUT2D eigenvalue weighted by molar-refractivity contribution is -0.139. The van der Waals surface area contributed by atoms with Crippen molar-refractivity contribution in [1.82, 2.24) is 4.90 Å². The van der Waals surface area contributed by atoms with Crippen molar-refractivity contribution in [2.45, 2.75) is 44.7 Å². The second-order valence-corrected chi connectivity index (χ2v) is 7.83. The number of aliphatic carboxylic acids is 1. The van der Waals surface area contributed by atoms with Gasteiger partial charge in [-0.1, -0.05) is 13.3 Å². The predicted octanol–water partition coefficient (Wildman–Crippen LogP) is 0.749. The minimum absolute atomic E-state index is 0.0325. The number of carboxylic acid groups (broad SMARTS) is 1. The number of hydrogen-bond acceptors (Lipinski definition) is 4. The van der Waals surface area contributed by atoms with Crippen LogP contribution in [0.5, 0.6) is 0 Å². The largest absolute Gasteiger partial charge is 0.480 e. The zero-order valence-corrected chi connectivity index (χ0v) is 11.5. The van der Waals surface area contributed by atoms with Gasteiger partial charge in [0.1, 0.15) is 0 Å². The van der Waals surface area contributed by atoms with Gasteiger partial charge in [-0.3, -0.25) is 9.69 Å². The van der Waals surface area contributed by atoms with Crippen LogP contribution in [0.15, 0.2) is 0 Å². The molecule has 1 saturated heterocycles. The predicted molar refractivity (Wildman–Crippen MR) is 68.2 cm³/mol. The van der Waals surface area contributed by atoms with E-state index in [1.54, 1.807) is 0 Å². The van der Waals surface area contributed by atoms with Gasteiger partial charge in [-0.15, -0.1) is 0 Å². The Morgan fingerprint density at radius 1 is 1.33 bits per heavy atom. The van der Waals surface area contributed by atoms with Gasteiger partial charge < -0.3 is 5.11 Å². The summed E-state index contributed by atoms with van der Waals surface area (Å²) in [6.45, 7) is 2.10. The molecule has 3 atom stereocenters. The molecule has 0 radical (unpaired) electrons. The Labute approximate surface area is 108 Å². The molecule has 2 rings (SSSR count). The molecule has 0 aromatic carbocycles. The lowest BCUT2D eigenvalue weighted by Crippen LogP contribution is -2.47. The Morgan fingerprint density at radius 2 is 2.06 bits per heavy atom. The van der Waals surface area contributed by atoms with Gasteiger partial charge in [0.2, 0.25) is 0 Å². The Kier molecular flexibility index (Phi) is 3.96. The zero-order chi connectivity index (χ0) is 13.3. The van der Waals surface area contributed by atoms with Crippen molar-refractivity contribution in [2.75, 3.05) is 18.1 Å². The summed E-state index contributed by atoms with van der Waals surface area (Å²) in [5.41, 5.74) is 0. The molecular formula is C12H21NO4S. The van der Waals surface area contributed by atoms with Crippen molar-refractivity contribution in [1.29, 1.82) is 0 Å². The molecule has 2 fully saturated rings. The molecule has 1 saturated carbocycles. The molecule has 6 heteroatoms. The van der Waals surface area contributed by atoms with Gasteiger partial charge in [-0.05, 0) is 25.2 Å². The molecule has 0 aromatic heterocycles. The molecule has 18 heavy (non-hydrogen) atoms. The number of nitrogens with zero attached hydrogens (tertiary/aromatic N) is 1. The first-order valence-corrected chi connectivity index (χ1v) is 8.39. The van der Waals surface area contributed by atoms with Crippen LogP contribution < -0.4 is 0 Å². The highest BCUT2D eigenvalue weighted by Crippen LogP contribution is 2.32. The van der Waals surface area contributed by atoms with E-state index in [1.807, 2.05) is 4.90 Å². The van der Waals surface area contributed by atoms with Crippen LogP contribution in [0.2, 0.25) is 0 Å². The van der Waals surface area contributed by atoms with Crippen LogP contribution in [0.1, 0.15) is 32.6 Å². The van der Waals surface area contributed by atoms with Crippen molar-refractivity contribution in [3.05, 3.63) is 0 Å². The maximum absolute atomic E-state index is 11.6. The summed E-state index contributed by atoms with van der Waals surface area (Å²) in [5, 5.41) is 9.03. The Balaban J connectivity index is 2.12. The van der Waals surface area contributed by atoms with Crippen LogP contribution in [0, 0.1) is 5.92 Å². The van der Waals surface area contributed by atoms with E-state index in [-0.39, 0.29) is 30.1 Å². The van der Waals surface area contributed by atoms with E-state index in [9.17, 15) is 13.2 Å². The maximum Gasteiger partial charge on any atom is 0.317 e. The van der Waals surface area contributed by atoms with Crippen LogP contribution in [0.3, 0.4) is 0 Å². The average molecular weight is 275 g/mol. The van der Waals surface area contributed by atoms with Crippen LogP contribution in [0.25, 0.3) is 0 Å². The monoisotopic (exact) mass is 275 g/mol. The third-order valence-electron chi connectivity index (χ3n) is 4.24. The standard InChI is InChI=1S/C12H21NO4S/c1-9-3-2-4-11(9)13(7-12(14)15)10-5-6-18(16,17)8-10/h9-11H,2-8H2,1H3,(H,14,15). The molecule has 5 nitrogen and oxygen atoms in total. The Hall–Kier alpha value is -0.620. The summed E-state index contributed by atoms with van der Waals surface area (Å²) in [4.78, 5) is 12.9. The average Bonchev–Trinajstić information content (AvgIpc) is 2.81. The third-order valence-corrected chi connectivity index (χ3v) is 5.99. The molecule has 0 amide bonds. The van der Waals surface area contributed by atoms with Crippen LogP contribution in [-0.2, 0) is 14.6 Å². The van der Waals surface area contributed by atoms with Crippen LogP contribution >= 0.6 is 0 Å². The molecule has 104 valence electrons. The van der Waals surface area contributed by atoms with Crippen LogP contribution in [-0.4, -0.2) is 54.5 Å². The molecule has 0 aromatic rings. The molecule has 1 aliphatic carbocycles. The smallest absolute Gasteiger partial charge is 0.317 e. The van der Waals surface area contributed by atoms with Gasteiger partial charge in [0.15, 0.2) is 9.84 Å². The van der Waals surface area contributed by atoms with Gasteiger partial charge in [-0.25, -0.2) is 8.42 Å². The minimum atomic E-state index is -2.96. The first-order valence-electron chi connectivity index (χ1n) is 6.57. The van der Waals surface area contributed by atoms with Gasteiger partial charge in [0.25, 0.3) is 0 Å². The number of hydrogen-bond donors (Lipinski definition) is 1. The molecule has 0 bridgehead atoms. The normalized spacial score (nSPS) is 35.1. The Bertz CT molecular complexity index is 420. The van der Waals surface area contributed by atoms with E-state index in [1.165, 1.54) is 0 Å². The van der Waals surface area contributed by atoms with Crippen molar-refractivity contribution >= 4 is 15.8 Å². The van der Waals surface area contributed by atoms with Gasteiger partial charge in [-0.2, -0.15) is 0 Å². The first kappa shape index (κ1) is 13.8. The second-order valence-electron chi connectivity index (χ2n) is 5.60. The number of carbonyl (C=O) groups is 1. The number of sulfone groups is 1. The lowest BCUT2D eigenvalue weighted by atomic mass is 10.0. The quantitative estimate of drug-likeness (QED) is 0.819. The summed E-state index contributed by atoms with van der Waals surface area (Å²) in [6.07, 6.45) is 3.80. The van der Waals surface area contributed by atoms with E-state index in [0.29, 0.717) is 12.3 Å². The molecule has 0 spiro atoms. The van der Waals surface area contributed by atoms with E-state index in [4.69, 9.17) is 5.11 Å². The molecule has 1 N–H and O–H groups in total. The van der Waals surface area contributed by atoms with Gasteiger partial charge in [0, 0.05) is 12.1 Å². The summed E-state index contributed by atoms with van der Waals surface area (Å²) < 4.78 is 23.1. The first-order chi connectivity index (χ1) is 8.39. The molecule has 2 aliphatic rings. The highest BCUT2D eigenvalue weighted by Gasteiger charge is 2.39. The van der Waals surface area contributed by atoms with Crippen molar-refractivity contribution in [2.24, 2.45) is 5.92 Å². The highest BCUT2D eigenvalue weighted by molar-refractivity contribution is 7.91. The molecule has 1 heterocycles. The molecule has 3 unspecified atom stereocenters. The van der Waals surface area contributed by atoms with Crippen molar-refractivity contribution < 1.29 is 18.3 Å². The van der Waals surface area contributed by atoms with E-state index < -0.39 is 15.8 Å². The summed E-state index contributed by atoms with van der Waals surface area (Å²) >= 11 is 0. The SMILES string of the molecule is CC1CCCC1N(CC(=O)O)C1CCS(=O)(=O)C1. The minimum Gasteiger partial charge on any atom is -0.480 e. The maximum atomic E-state index is 11.6. The fourth-order valence-electron chi connectivity index (χ4n) is 3.33. The molecule has 1 aliphatic heterocycles. The summed E-state index contributed by atoms with van der Waals surface area (Å²) in [6, 6.07) is 0.135. The fourth-order valence-corrected chi connectivity index (χ4v) is 5.07. The van der Waals surface area contributed by atoms with Crippen molar-refractivity contribution in [3.8, 4) is 0 Å². The summed E-state index contributed by atoms with van der Waals surface area (Å²) in [7, 11) is -2.96. The lowest BCUT2D eigenvalue weighted by Gasteiger charge is -2.34. The van der Waals surface area contributed by atoms with Crippen LogP contribution in [0.4, 0.5) is 0 Å². The second kappa shape index (κ2) is 5.17. The summed E-state index contributed by atoms with van der Waals surface area (Å²) in [5.74, 6) is -0.0654. The van der Waals surface area contributed by atoms with Crippen molar-refractivity contribution in [3.63, 3.8) is 0 Å². The fraction of sp³-hybridized carbons (Fsp3) is 0.917. The van der Waals surface area contributed by atoms with Gasteiger partial charge in [0.05, 0.1) is 18.1 Å². The van der Waals surface area contributed by atoms with E-state index in [2.05, 4.69) is 6.92 Å². The van der Waals surface area contributed by atoms with Gasteiger partial charge >= 0.3 is 5.97 Å². The van der Waals surface area contributed by atoms with E-state index >= 15 is 0 Å². The third kappa shape index (κ3) is 3.03. The highest BCUT2D eigenvalue weighted by atomic mass is 32.2. The topological polar surface area (TPSA) is 74.7 Å². The molecular weight excluding hydrogens is 254 g/mol. The zero-order valence-electron chi connectivity index (χ0n) is 10.7. The van der Waals surface area contributed by atoms with E-state index in [0.717, 1.165) is 19.3 Å². The number of rotatable bonds is 4. The Morgan fingerprint density at radius 3 is 2.50 bits per heavy atom.